The van der Waals surface area contributed by atoms with Gasteiger partial charge in [-0.1, -0.05) is 28.1 Å². The van der Waals surface area contributed by atoms with Crippen LogP contribution in [0.4, 0.5) is 0 Å². The molecule has 2 aromatic carbocycles. The van der Waals surface area contributed by atoms with E-state index >= 15 is 0 Å². The Hall–Kier alpha value is 0.290. The summed E-state index contributed by atoms with van der Waals surface area (Å²) in [6.07, 6.45) is 0. The van der Waals surface area contributed by atoms with Crippen LogP contribution in [0.2, 0.25) is 0 Å². The fraction of sp³-hybridized carbons (Fsp3) is 0. The predicted octanol–water partition coefficient (Wildman–Crippen LogP) is 0.187. The summed E-state index contributed by atoms with van der Waals surface area (Å²) in [6, 6.07) is 11.0. The quantitative estimate of drug-likeness (QED) is 0.602. The van der Waals surface area contributed by atoms with Gasteiger partial charge in [0.05, 0.1) is 4.90 Å². The van der Waals surface area contributed by atoms with Crippen molar-refractivity contribution in [1.82, 2.24) is 0 Å². The normalized spacial score (nSPS) is 12.1. The number of fused-ring (bicyclic) bond motifs is 1. The first-order valence-corrected chi connectivity index (χ1v) is 5.87. The Morgan fingerprint density at radius 3 is 2.33 bits per heavy atom. The summed E-state index contributed by atoms with van der Waals surface area (Å²) in [4.78, 5) is 0.430. The fourth-order valence-electron chi connectivity index (χ4n) is 1.30. The first-order chi connectivity index (χ1) is 6.66. The second-order valence-electron chi connectivity index (χ2n) is 2.90. The van der Waals surface area contributed by atoms with Crippen LogP contribution in [-0.4, -0.2) is 8.76 Å². The fourth-order valence-corrected chi connectivity index (χ4v) is 2.09. The van der Waals surface area contributed by atoms with E-state index in [2.05, 4.69) is 15.9 Å². The molecule has 0 aliphatic carbocycles. The topological polar surface area (TPSA) is 37.3 Å². The molecular weight excluding hydrogens is 287 g/mol. The Bertz CT molecular complexity index is 516. The molecule has 72 valence electrons. The van der Waals surface area contributed by atoms with Crippen LogP contribution in [0.3, 0.4) is 0 Å². The average Bonchev–Trinajstić information content (AvgIpc) is 2.16. The number of hydrogen-bond donors (Lipinski definition) is 1. The molecule has 2 aromatic rings. The maximum absolute atomic E-state index is 10.8. The molecule has 0 aliphatic rings. The first-order valence-electron chi connectivity index (χ1n) is 3.97. The molecule has 5 heteroatoms. The van der Waals surface area contributed by atoms with Gasteiger partial charge in [-0.2, -0.15) is 0 Å². The molecule has 2 rings (SSSR count). The summed E-state index contributed by atoms with van der Waals surface area (Å²) in [6.45, 7) is 0. The monoisotopic (exact) mass is 293 g/mol. The summed E-state index contributed by atoms with van der Waals surface area (Å²) >= 11 is 1.47. The zero-order chi connectivity index (χ0) is 10.1. The smallest absolute Gasteiger partial charge is 0.302 e. The van der Waals surface area contributed by atoms with Crippen LogP contribution in [-0.2, 0) is 11.1 Å². The van der Waals surface area contributed by atoms with Gasteiger partial charge < -0.3 is 4.55 Å². The van der Waals surface area contributed by atoms with Gasteiger partial charge in [0.25, 0.3) is 0 Å². The Balaban J connectivity index is 0.00000112. The molecule has 1 unspecified atom stereocenters. The number of halogens is 1. The zero-order valence-electron chi connectivity index (χ0n) is 8.11. The van der Waals surface area contributed by atoms with Gasteiger partial charge >= 0.3 is 29.6 Å². The van der Waals surface area contributed by atoms with Crippen molar-refractivity contribution >= 4 is 37.8 Å². The van der Waals surface area contributed by atoms with Gasteiger partial charge in [0.2, 0.25) is 0 Å². The summed E-state index contributed by atoms with van der Waals surface area (Å²) in [5.74, 6) is 0. The van der Waals surface area contributed by atoms with Crippen molar-refractivity contribution in [3.63, 3.8) is 0 Å². The van der Waals surface area contributed by atoms with Gasteiger partial charge in [-0.25, -0.2) is 4.21 Å². The van der Waals surface area contributed by atoms with E-state index in [1.165, 1.54) is 0 Å². The van der Waals surface area contributed by atoms with Crippen LogP contribution >= 0.6 is 15.9 Å². The van der Waals surface area contributed by atoms with E-state index in [1.807, 2.05) is 24.3 Å². The van der Waals surface area contributed by atoms with Crippen molar-refractivity contribution in [2.45, 2.75) is 4.90 Å². The minimum Gasteiger partial charge on any atom is -0.302 e. The van der Waals surface area contributed by atoms with Gasteiger partial charge in [0.15, 0.2) is 11.1 Å². The van der Waals surface area contributed by atoms with Crippen molar-refractivity contribution in [1.29, 1.82) is 0 Å². The summed E-state index contributed by atoms with van der Waals surface area (Å²) < 4.78 is 20.7. The van der Waals surface area contributed by atoms with Crippen molar-refractivity contribution in [3.05, 3.63) is 40.9 Å². The minimum atomic E-state index is -1.90. The molecule has 0 radical (unpaired) electrons. The van der Waals surface area contributed by atoms with Crippen LogP contribution in [0, 0.1) is 0 Å². The van der Waals surface area contributed by atoms with Gasteiger partial charge in [0.1, 0.15) is 0 Å². The molecule has 1 atom stereocenters. The predicted molar refractivity (Wildman–Crippen MR) is 60.7 cm³/mol. The molecule has 2 nitrogen and oxygen atoms in total. The largest absolute Gasteiger partial charge is 1.00 e. The standard InChI is InChI=1S/C10H7BrO2S.Na/c11-9-3-1-8-6-10(14(12)13)4-2-7(8)5-9;/h1-6H,(H,12,13);/q;+1. The Morgan fingerprint density at radius 1 is 1.07 bits per heavy atom. The third-order valence-corrected chi connectivity index (χ3v) is 3.13. The van der Waals surface area contributed by atoms with E-state index in [1.54, 1.807) is 12.1 Å². The van der Waals surface area contributed by atoms with Crippen molar-refractivity contribution in [2.24, 2.45) is 0 Å². The molecule has 1 N–H and O–H groups in total. The van der Waals surface area contributed by atoms with Gasteiger partial charge in [-0.05, 0) is 35.0 Å². The Labute approximate surface area is 121 Å². The van der Waals surface area contributed by atoms with E-state index in [9.17, 15) is 4.21 Å². The second-order valence-corrected chi connectivity index (χ2v) is 4.79. The molecule has 0 saturated carbocycles. The van der Waals surface area contributed by atoms with E-state index in [-0.39, 0.29) is 29.6 Å². The molecule has 0 bridgehead atoms. The zero-order valence-corrected chi connectivity index (χ0v) is 12.5. The van der Waals surface area contributed by atoms with E-state index in [0.29, 0.717) is 4.90 Å². The third kappa shape index (κ3) is 3.12. The average molecular weight is 294 g/mol. The van der Waals surface area contributed by atoms with Crippen LogP contribution in [0.5, 0.6) is 0 Å². The SMILES string of the molecule is O=S(O)c1ccc2cc(Br)ccc2c1.[Na+]. The van der Waals surface area contributed by atoms with Crippen LogP contribution in [0.1, 0.15) is 0 Å². The molecule has 0 amide bonds. The maximum atomic E-state index is 10.8. The summed E-state index contributed by atoms with van der Waals surface area (Å²) in [5.41, 5.74) is 0. The number of benzene rings is 2. The molecule has 0 spiro atoms. The van der Waals surface area contributed by atoms with Crippen molar-refractivity contribution in [2.75, 3.05) is 0 Å². The van der Waals surface area contributed by atoms with E-state index < -0.39 is 11.1 Å². The van der Waals surface area contributed by atoms with E-state index in [4.69, 9.17) is 4.55 Å². The molecule has 0 heterocycles. The van der Waals surface area contributed by atoms with Crippen molar-refractivity contribution < 1.29 is 38.3 Å². The van der Waals surface area contributed by atoms with Gasteiger partial charge in [-0.15, -0.1) is 0 Å². The summed E-state index contributed by atoms with van der Waals surface area (Å²) in [7, 11) is 0. The Kier molecular flexibility index (Phi) is 4.96. The first kappa shape index (κ1) is 13.4. The molecule has 15 heavy (non-hydrogen) atoms. The molecule has 0 fully saturated rings. The minimum absolute atomic E-state index is 0. The van der Waals surface area contributed by atoms with Crippen LogP contribution in [0.25, 0.3) is 10.8 Å². The Morgan fingerprint density at radius 2 is 1.67 bits per heavy atom. The molecule has 0 saturated heterocycles. The second kappa shape index (κ2) is 5.57. The number of hydrogen-bond acceptors (Lipinski definition) is 1. The number of rotatable bonds is 1. The van der Waals surface area contributed by atoms with Gasteiger partial charge in [0, 0.05) is 4.47 Å². The van der Waals surface area contributed by atoms with Crippen LogP contribution < -0.4 is 29.6 Å². The molecule has 0 aromatic heterocycles. The van der Waals surface area contributed by atoms with E-state index in [0.717, 1.165) is 15.2 Å². The van der Waals surface area contributed by atoms with Crippen LogP contribution in [0.15, 0.2) is 45.8 Å². The third-order valence-electron chi connectivity index (χ3n) is 1.98. The maximum Gasteiger partial charge on any atom is 1.00 e. The molecule has 0 aliphatic heterocycles. The van der Waals surface area contributed by atoms with Gasteiger partial charge in [-0.3, -0.25) is 0 Å². The summed E-state index contributed by atoms with van der Waals surface area (Å²) in [5, 5.41) is 2.02. The van der Waals surface area contributed by atoms with Crippen molar-refractivity contribution in [3.8, 4) is 0 Å². The molecular formula is C10H7BrNaO2S+.